The first-order valence-electron chi connectivity index (χ1n) is 10.0. The number of morpholine rings is 1. The Morgan fingerprint density at radius 2 is 1.79 bits per heavy atom. The Morgan fingerprint density at radius 1 is 1.17 bits per heavy atom. The van der Waals surface area contributed by atoms with Crippen LogP contribution in [0.3, 0.4) is 0 Å². The van der Waals surface area contributed by atoms with Crippen LogP contribution in [0.5, 0.6) is 0 Å². The molecule has 24 heavy (non-hydrogen) atoms. The zero-order valence-corrected chi connectivity index (χ0v) is 15.6. The fraction of sp³-hybridized carbons (Fsp3) is 0.947. The lowest BCUT2D eigenvalue weighted by molar-refractivity contribution is -0.132. The molecule has 3 N–H and O–H groups in total. The second-order valence-electron chi connectivity index (χ2n) is 7.42. The Morgan fingerprint density at radius 3 is 2.33 bits per heavy atom. The van der Waals surface area contributed by atoms with Crippen LogP contribution in [0.1, 0.15) is 58.8 Å². The van der Waals surface area contributed by atoms with Gasteiger partial charge in [0, 0.05) is 25.7 Å². The molecular formula is C19H37N3O2. The molecule has 0 aromatic carbocycles. The Kier molecular flexibility index (Phi) is 8.50. The third kappa shape index (κ3) is 5.17. The van der Waals surface area contributed by atoms with Gasteiger partial charge in [-0.25, -0.2) is 0 Å². The number of hydrogen-bond donors (Lipinski definition) is 2. The van der Waals surface area contributed by atoms with Crippen LogP contribution in [0.2, 0.25) is 0 Å². The summed E-state index contributed by atoms with van der Waals surface area (Å²) in [5.74, 6) is 1.14. The van der Waals surface area contributed by atoms with Crippen LogP contribution in [0, 0.1) is 11.8 Å². The summed E-state index contributed by atoms with van der Waals surface area (Å²) >= 11 is 0. The molecule has 2 unspecified atom stereocenters. The molecule has 1 saturated carbocycles. The number of nitrogens with two attached hydrogens (primary N) is 1. The first-order chi connectivity index (χ1) is 11.7. The van der Waals surface area contributed by atoms with E-state index in [9.17, 15) is 4.79 Å². The van der Waals surface area contributed by atoms with Crippen LogP contribution < -0.4 is 11.1 Å². The van der Waals surface area contributed by atoms with E-state index in [2.05, 4.69) is 24.1 Å². The van der Waals surface area contributed by atoms with E-state index in [0.717, 1.165) is 39.1 Å². The Bertz CT molecular complexity index is 362. The van der Waals surface area contributed by atoms with Crippen LogP contribution in [-0.2, 0) is 9.53 Å². The number of nitrogens with one attached hydrogen (secondary N) is 1. The molecule has 2 rings (SSSR count). The monoisotopic (exact) mass is 339 g/mol. The lowest BCUT2D eigenvalue weighted by Crippen LogP contribution is -2.58. The maximum absolute atomic E-state index is 13.2. The van der Waals surface area contributed by atoms with E-state index in [1.54, 1.807) is 0 Å². The zero-order valence-electron chi connectivity index (χ0n) is 15.6. The van der Waals surface area contributed by atoms with Crippen molar-refractivity contribution in [2.75, 3.05) is 32.8 Å². The fourth-order valence-corrected chi connectivity index (χ4v) is 4.44. The highest BCUT2D eigenvalue weighted by Gasteiger charge is 2.35. The molecule has 0 radical (unpaired) electrons. The average molecular weight is 340 g/mol. The molecular weight excluding hydrogens is 302 g/mol. The number of nitrogens with zero attached hydrogens (tertiary/aromatic N) is 1. The van der Waals surface area contributed by atoms with Crippen molar-refractivity contribution in [1.82, 2.24) is 10.2 Å². The largest absolute Gasteiger partial charge is 0.379 e. The lowest BCUT2D eigenvalue weighted by Gasteiger charge is -2.39. The average Bonchev–Trinajstić information content (AvgIpc) is 2.65. The molecule has 0 aromatic rings. The minimum Gasteiger partial charge on any atom is -0.379 e. The van der Waals surface area contributed by atoms with E-state index in [1.165, 1.54) is 32.1 Å². The maximum atomic E-state index is 13.2. The molecule has 140 valence electrons. The highest BCUT2D eigenvalue weighted by atomic mass is 16.5. The molecule has 2 fully saturated rings. The van der Waals surface area contributed by atoms with Gasteiger partial charge in [-0.2, -0.15) is 0 Å². The fourth-order valence-electron chi connectivity index (χ4n) is 4.44. The third-order valence-electron chi connectivity index (χ3n) is 6.00. The highest BCUT2D eigenvalue weighted by molar-refractivity contribution is 5.82. The normalized spacial score (nSPS) is 23.2. The van der Waals surface area contributed by atoms with Crippen molar-refractivity contribution in [2.24, 2.45) is 17.6 Å². The molecule has 1 saturated heterocycles. The number of carbonyl (C=O) groups is 1. The van der Waals surface area contributed by atoms with Gasteiger partial charge in [-0.15, -0.1) is 0 Å². The van der Waals surface area contributed by atoms with Gasteiger partial charge >= 0.3 is 0 Å². The van der Waals surface area contributed by atoms with Gasteiger partial charge < -0.3 is 15.8 Å². The Balaban J connectivity index is 2.04. The number of amides is 1. The Hall–Kier alpha value is -0.650. The molecule has 5 nitrogen and oxygen atoms in total. The van der Waals surface area contributed by atoms with Crippen molar-refractivity contribution < 1.29 is 9.53 Å². The van der Waals surface area contributed by atoms with E-state index in [1.807, 2.05) is 0 Å². The minimum atomic E-state index is -0.0402. The molecule has 2 atom stereocenters. The van der Waals surface area contributed by atoms with Crippen LogP contribution >= 0.6 is 0 Å². The molecule has 0 aromatic heterocycles. The topological polar surface area (TPSA) is 67.6 Å². The van der Waals surface area contributed by atoms with Gasteiger partial charge in [0.2, 0.25) is 5.91 Å². The smallest absolute Gasteiger partial charge is 0.237 e. The second kappa shape index (κ2) is 10.4. The van der Waals surface area contributed by atoms with Crippen LogP contribution in [0.15, 0.2) is 0 Å². The maximum Gasteiger partial charge on any atom is 0.237 e. The van der Waals surface area contributed by atoms with Crippen molar-refractivity contribution in [2.45, 2.75) is 70.9 Å². The van der Waals surface area contributed by atoms with Crippen molar-refractivity contribution >= 4 is 5.91 Å². The SMILES string of the molecule is CCC(CC)C(C(=O)NC(CN)C1CCCCC1)N1CCOCC1. The van der Waals surface area contributed by atoms with Crippen molar-refractivity contribution in [1.29, 1.82) is 0 Å². The van der Waals surface area contributed by atoms with E-state index in [0.29, 0.717) is 18.4 Å². The van der Waals surface area contributed by atoms with Gasteiger partial charge in [-0.3, -0.25) is 9.69 Å². The highest BCUT2D eigenvalue weighted by Crippen LogP contribution is 2.27. The molecule has 1 aliphatic heterocycles. The number of rotatable bonds is 8. The van der Waals surface area contributed by atoms with E-state index in [4.69, 9.17) is 10.5 Å². The van der Waals surface area contributed by atoms with Gasteiger partial charge in [0.25, 0.3) is 0 Å². The summed E-state index contributed by atoms with van der Waals surface area (Å²) in [7, 11) is 0. The summed E-state index contributed by atoms with van der Waals surface area (Å²) < 4.78 is 5.48. The van der Waals surface area contributed by atoms with E-state index < -0.39 is 0 Å². The van der Waals surface area contributed by atoms with Crippen molar-refractivity contribution in [3.8, 4) is 0 Å². The molecule has 5 heteroatoms. The quantitative estimate of drug-likeness (QED) is 0.711. The molecule has 1 heterocycles. The summed E-state index contributed by atoms with van der Waals surface area (Å²) in [4.78, 5) is 15.5. The van der Waals surface area contributed by atoms with Gasteiger partial charge in [0.1, 0.15) is 0 Å². The summed E-state index contributed by atoms with van der Waals surface area (Å²) in [6.45, 7) is 8.10. The van der Waals surface area contributed by atoms with E-state index in [-0.39, 0.29) is 18.0 Å². The first kappa shape index (κ1) is 19.7. The summed E-state index contributed by atoms with van der Waals surface area (Å²) in [6.07, 6.45) is 8.34. The van der Waals surface area contributed by atoms with Gasteiger partial charge in [-0.05, 0) is 24.7 Å². The molecule has 2 aliphatic rings. The molecule has 1 amide bonds. The molecule has 0 spiro atoms. The molecule has 1 aliphatic carbocycles. The summed E-state index contributed by atoms with van der Waals surface area (Å²) in [6, 6.07) is 0.0947. The van der Waals surface area contributed by atoms with Crippen LogP contribution in [-0.4, -0.2) is 55.7 Å². The van der Waals surface area contributed by atoms with Crippen molar-refractivity contribution in [3.63, 3.8) is 0 Å². The van der Waals surface area contributed by atoms with Gasteiger partial charge in [0.15, 0.2) is 0 Å². The predicted molar refractivity (Wildman–Crippen MR) is 97.8 cm³/mol. The lowest BCUT2D eigenvalue weighted by atomic mass is 9.83. The third-order valence-corrected chi connectivity index (χ3v) is 6.00. The standard InChI is InChI=1S/C19H37N3O2/c1-3-15(4-2)18(22-10-12-24-13-11-22)19(23)21-17(14-20)16-8-6-5-7-9-16/h15-18H,3-14,20H2,1-2H3,(H,21,23). The van der Waals surface area contributed by atoms with Gasteiger partial charge in [-0.1, -0.05) is 46.0 Å². The minimum absolute atomic E-state index is 0.0402. The second-order valence-corrected chi connectivity index (χ2v) is 7.42. The number of carbonyl (C=O) groups excluding carboxylic acids is 1. The van der Waals surface area contributed by atoms with Crippen LogP contribution in [0.4, 0.5) is 0 Å². The van der Waals surface area contributed by atoms with E-state index >= 15 is 0 Å². The van der Waals surface area contributed by atoms with Gasteiger partial charge in [0.05, 0.1) is 19.3 Å². The van der Waals surface area contributed by atoms with Crippen LogP contribution in [0.25, 0.3) is 0 Å². The zero-order chi connectivity index (χ0) is 17.4. The number of hydrogen-bond acceptors (Lipinski definition) is 4. The summed E-state index contributed by atoms with van der Waals surface area (Å²) in [5, 5.41) is 3.34. The number of ether oxygens (including phenoxy) is 1. The first-order valence-corrected chi connectivity index (χ1v) is 10.0. The Labute approximate surface area is 147 Å². The molecule has 0 bridgehead atoms. The predicted octanol–water partition coefficient (Wildman–Crippen LogP) is 2.15. The summed E-state index contributed by atoms with van der Waals surface area (Å²) in [5.41, 5.74) is 6.02. The van der Waals surface area contributed by atoms with Crippen molar-refractivity contribution in [3.05, 3.63) is 0 Å².